The van der Waals surface area contributed by atoms with Gasteiger partial charge in [-0.25, -0.2) is 14.8 Å². The zero-order valence-corrected chi connectivity index (χ0v) is 26.0. The molecule has 0 aliphatic carbocycles. The zero-order chi connectivity index (χ0) is 30.2. The minimum Gasteiger partial charge on any atom is -0.490 e. The van der Waals surface area contributed by atoms with Gasteiger partial charge in [0.05, 0.1) is 18.5 Å². The molecule has 4 aromatic carbocycles. The predicted molar refractivity (Wildman–Crippen MR) is 173 cm³/mol. The molecule has 1 heterocycles. The van der Waals surface area contributed by atoms with Crippen molar-refractivity contribution < 1.29 is 18.7 Å². The Labute approximate surface area is 265 Å². The van der Waals surface area contributed by atoms with Crippen molar-refractivity contribution in [3.63, 3.8) is 0 Å². The van der Waals surface area contributed by atoms with Crippen LogP contribution in [0.3, 0.4) is 0 Å². The normalized spacial score (nSPS) is 11.0. The average Bonchev–Trinajstić information content (AvgIpc) is 3.48. The molecule has 0 fully saturated rings. The summed E-state index contributed by atoms with van der Waals surface area (Å²) in [6.07, 6.45) is 1.50. The summed E-state index contributed by atoms with van der Waals surface area (Å²) in [4.78, 5) is 17.4. The smallest absolute Gasteiger partial charge is 0.271 e. The number of rotatable bonds is 11. The van der Waals surface area contributed by atoms with Crippen LogP contribution >= 0.6 is 38.9 Å². The standard InChI is InChI=1S/C32H25BrClFN4O3S/c1-2-41-29-15-23(26(33)16-30(29)42-18-22-5-3-4-6-27(22)35)17-36-39-31(40)21-9-7-20(8-10-21)28-19-43-32(38-28)37-25-13-11-24(34)12-14-25/h3-17,19H,2,18H2,1H3,(H,37,38)(H,39,40)/b36-17-. The maximum atomic E-state index is 14.0. The summed E-state index contributed by atoms with van der Waals surface area (Å²) in [5.74, 6) is 0.218. The van der Waals surface area contributed by atoms with Crippen molar-refractivity contribution in [1.29, 1.82) is 0 Å². The average molecular weight is 680 g/mol. The maximum absolute atomic E-state index is 14.0. The second-order valence-corrected chi connectivity index (χ2v) is 11.2. The first-order valence-corrected chi connectivity index (χ1v) is 15.2. The molecule has 2 N–H and O–H groups in total. The summed E-state index contributed by atoms with van der Waals surface area (Å²) in [7, 11) is 0. The first-order valence-electron chi connectivity index (χ1n) is 13.1. The molecule has 0 spiro atoms. The third-order valence-corrected chi connectivity index (χ3v) is 7.81. The van der Waals surface area contributed by atoms with Crippen molar-refractivity contribution >= 4 is 61.8 Å². The Bertz CT molecular complexity index is 1750. The SMILES string of the molecule is CCOc1cc(/C=N\NC(=O)c2ccc(-c3csc(Nc4ccc(Cl)cc4)n3)cc2)c(Br)cc1OCc1ccccc1F. The van der Waals surface area contributed by atoms with Crippen molar-refractivity contribution in [3.05, 3.63) is 122 Å². The molecule has 0 atom stereocenters. The number of hydrogen-bond acceptors (Lipinski definition) is 7. The van der Waals surface area contributed by atoms with E-state index in [1.807, 2.05) is 48.7 Å². The Kier molecular flexibility index (Phi) is 10.0. The van der Waals surface area contributed by atoms with E-state index in [2.05, 4.69) is 36.8 Å². The van der Waals surface area contributed by atoms with Gasteiger partial charge in [0.1, 0.15) is 12.4 Å². The van der Waals surface area contributed by atoms with E-state index in [-0.39, 0.29) is 18.3 Å². The van der Waals surface area contributed by atoms with Gasteiger partial charge in [0.15, 0.2) is 16.6 Å². The maximum Gasteiger partial charge on any atom is 0.271 e. The van der Waals surface area contributed by atoms with Crippen LogP contribution in [0.25, 0.3) is 11.3 Å². The molecule has 218 valence electrons. The fourth-order valence-corrected chi connectivity index (χ4v) is 5.23. The van der Waals surface area contributed by atoms with Gasteiger partial charge in [0.2, 0.25) is 0 Å². The fourth-order valence-electron chi connectivity index (χ4n) is 3.94. The molecular formula is C32H25BrClFN4O3S. The first kappa shape index (κ1) is 30.2. The molecule has 1 amide bonds. The molecule has 0 saturated heterocycles. The van der Waals surface area contributed by atoms with Crippen LogP contribution in [0.15, 0.2) is 99.9 Å². The quantitative estimate of drug-likeness (QED) is 0.108. The van der Waals surface area contributed by atoms with E-state index in [1.165, 1.54) is 23.6 Å². The van der Waals surface area contributed by atoms with Gasteiger partial charge in [0.25, 0.3) is 5.91 Å². The van der Waals surface area contributed by atoms with Crippen molar-refractivity contribution in [1.82, 2.24) is 10.4 Å². The van der Waals surface area contributed by atoms with E-state index in [4.69, 9.17) is 21.1 Å². The van der Waals surface area contributed by atoms with Gasteiger partial charge in [-0.2, -0.15) is 5.10 Å². The molecule has 0 bridgehead atoms. The number of carbonyl (C=O) groups excluding carboxylic acids is 1. The topological polar surface area (TPSA) is 84.8 Å². The number of hydrogen-bond donors (Lipinski definition) is 2. The van der Waals surface area contributed by atoms with Crippen LogP contribution < -0.4 is 20.2 Å². The number of benzene rings is 4. The van der Waals surface area contributed by atoms with Gasteiger partial charge in [-0.1, -0.05) is 41.9 Å². The number of nitrogens with zero attached hydrogens (tertiary/aromatic N) is 2. The lowest BCUT2D eigenvalue weighted by molar-refractivity contribution is 0.0955. The molecule has 5 aromatic rings. The summed E-state index contributed by atoms with van der Waals surface area (Å²) in [6.45, 7) is 2.31. The summed E-state index contributed by atoms with van der Waals surface area (Å²) >= 11 is 10.9. The third kappa shape index (κ3) is 7.98. The Morgan fingerprint density at radius 3 is 2.53 bits per heavy atom. The number of carbonyl (C=O) groups is 1. The number of thiazole rings is 1. The first-order chi connectivity index (χ1) is 20.9. The van der Waals surface area contributed by atoms with Crippen molar-refractivity contribution in [2.24, 2.45) is 5.10 Å². The Morgan fingerprint density at radius 2 is 1.79 bits per heavy atom. The molecule has 5 rings (SSSR count). The van der Waals surface area contributed by atoms with Crippen LogP contribution in [0, 0.1) is 5.82 Å². The van der Waals surface area contributed by atoms with Gasteiger partial charge in [-0.15, -0.1) is 11.3 Å². The number of hydrazone groups is 1. The third-order valence-electron chi connectivity index (χ3n) is 6.12. The monoisotopic (exact) mass is 678 g/mol. The highest BCUT2D eigenvalue weighted by Crippen LogP contribution is 2.34. The van der Waals surface area contributed by atoms with Gasteiger partial charge < -0.3 is 14.8 Å². The number of nitrogens with one attached hydrogen (secondary N) is 2. The van der Waals surface area contributed by atoms with Crippen LogP contribution in [0.4, 0.5) is 15.2 Å². The van der Waals surface area contributed by atoms with Crippen molar-refractivity contribution in [3.8, 4) is 22.8 Å². The highest BCUT2D eigenvalue weighted by molar-refractivity contribution is 9.10. The fraction of sp³-hybridized carbons (Fsp3) is 0.0938. The summed E-state index contributed by atoms with van der Waals surface area (Å²) in [5.41, 5.74) is 6.65. The second-order valence-electron chi connectivity index (χ2n) is 9.08. The molecule has 7 nitrogen and oxygen atoms in total. The Hall–Kier alpha value is -4.25. The summed E-state index contributed by atoms with van der Waals surface area (Å²) < 4.78 is 26.2. The van der Waals surface area contributed by atoms with Gasteiger partial charge >= 0.3 is 0 Å². The van der Waals surface area contributed by atoms with Gasteiger partial charge in [0, 0.05) is 42.8 Å². The lowest BCUT2D eigenvalue weighted by Gasteiger charge is -2.14. The summed E-state index contributed by atoms with van der Waals surface area (Å²) in [6, 6.07) is 24.4. The minimum absolute atomic E-state index is 0.0470. The van der Waals surface area contributed by atoms with Crippen LogP contribution in [-0.4, -0.2) is 23.7 Å². The van der Waals surface area contributed by atoms with E-state index in [1.54, 1.807) is 42.5 Å². The van der Waals surface area contributed by atoms with Crippen LogP contribution in [-0.2, 0) is 6.61 Å². The molecule has 0 aliphatic heterocycles. The molecule has 0 unspecified atom stereocenters. The highest BCUT2D eigenvalue weighted by Gasteiger charge is 2.13. The van der Waals surface area contributed by atoms with Crippen LogP contribution in [0.2, 0.25) is 5.02 Å². The number of aromatic nitrogens is 1. The lowest BCUT2D eigenvalue weighted by atomic mass is 10.1. The van der Waals surface area contributed by atoms with Crippen LogP contribution in [0.1, 0.15) is 28.4 Å². The molecule has 43 heavy (non-hydrogen) atoms. The largest absolute Gasteiger partial charge is 0.490 e. The second kappa shape index (κ2) is 14.3. The lowest BCUT2D eigenvalue weighted by Crippen LogP contribution is -2.17. The molecule has 0 radical (unpaired) electrons. The van der Waals surface area contributed by atoms with Gasteiger partial charge in [-0.05, 0) is 77.5 Å². The van der Waals surface area contributed by atoms with Crippen LogP contribution in [0.5, 0.6) is 11.5 Å². The van der Waals surface area contributed by atoms with E-state index in [0.29, 0.717) is 44.3 Å². The molecule has 0 aliphatic rings. The zero-order valence-electron chi connectivity index (χ0n) is 22.8. The molecular weight excluding hydrogens is 655 g/mol. The van der Waals surface area contributed by atoms with E-state index in [0.717, 1.165) is 22.1 Å². The number of halogens is 3. The summed E-state index contributed by atoms with van der Waals surface area (Å²) in [5, 5.41) is 10.7. The van der Waals surface area contributed by atoms with E-state index in [9.17, 15) is 9.18 Å². The number of anilines is 2. The van der Waals surface area contributed by atoms with Crippen molar-refractivity contribution in [2.75, 3.05) is 11.9 Å². The van der Waals surface area contributed by atoms with E-state index >= 15 is 0 Å². The Balaban J connectivity index is 1.20. The predicted octanol–water partition coefficient (Wildman–Crippen LogP) is 8.85. The minimum atomic E-state index is -0.364. The van der Waals surface area contributed by atoms with E-state index < -0.39 is 0 Å². The molecule has 11 heteroatoms. The molecule has 0 saturated carbocycles. The number of amides is 1. The number of ether oxygens (including phenoxy) is 2. The Morgan fingerprint density at radius 1 is 1.05 bits per heavy atom. The van der Waals surface area contributed by atoms with Crippen molar-refractivity contribution in [2.45, 2.75) is 13.5 Å². The van der Waals surface area contributed by atoms with Gasteiger partial charge in [-0.3, -0.25) is 4.79 Å². The highest BCUT2D eigenvalue weighted by atomic mass is 79.9. The molecule has 1 aromatic heterocycles.